The van der Waals surface area contributed by atoms with Crippen molar-refractivity contribution in [2.24, 2.45) is 44.1 Å². The lowest BCUT2D eigenvalue weighted by Crippen LogP contribution is -2.25. The largest absolute Gasteiger partial charge is 0.400 e. The number of Topliss-reactive ketones (excluding diaryl/α,β-unsaturated/α-hetero) is 1. The lowest BCUT2D eigenvalue weighted by Gasteiger charge is -2.16. The molecule has 31 heavy (non-hydrogen) atoms. The van der Waals surface area contributed by atoms with Crippen LogP contribution in [0.3, 0.4) is 0 Å². The number of guanidine groups is 2. The van der Waals surface area contributed by atoms with Gasteiger partial charge < -0.3 is 33.8 Å². The maximum Gasteiger partial charge on any atom is 0.212 e. The molecule has 0 spiro atoms. The number of aromatic nitrogens is 1. The van der Waals surface area contributed by atoms with Gasteiger partial charge >= 0.3 is 0 Å². The molecule has 0 aliphatic rings. The molecule has 180 valence electrons. The van der Waals surface area contributed by atoms with Gasteiger partial charge in [-0.05, 0) is 12.2 Å². The first kappa shape index (κ1) is 34.3. The van der Waals surface area contributed by atoms with E-state index in [1.165, 1.54) is 11.3 Å². The number of rotatable bonds is 2. The Labute approximate surface area is 210 Å². The van der Waals surface area contributed by atoms with Gasteiger partial charge in [0.05, 0.1) is 5.69 Å². The number of aliphatic hydroxyl groups is 1. The standard InChI is InChI=1S/C8H14N4S.C6H10Br2O.C2H6N4S.CH4O/c1-8(2,3)5-4-13-7(11-5)12-6(9)10;1-6(2,3)4(9)5(7)8;3-1(4)6-2(5)7;1-2/h4H,1-3H3,(H4,9,10,11,12);5H,1-3H3;(H6,3,4,5,6,7);2H,1H3. The van der Waals surface area contributed by atoms with Crippen molar-refractivity contribution in [3.05, 3.63) is 11.1 Å². The summed E-state index contributed by atoms with van der Waals surface area (Å²) in [5.74, 6) is 0.116. The Bertz CT molecular complexity index is 731. The minimum absolute atomic E-state index is 0.0417. The van der Waals surface area contributed by atoms with E-state index in [0.717, 1.165) is 12.8 Å². The highest BCUT2D eigenvalue weighted by atomic mass is 79.9. The molecule has 0 aromatic carbocycles. The lowest BCUT2D eigenvalue weighted by molar-refractivity contribution is -0.124. The van der Waals surface area contributed by atoms with Crippen molar-refractivity contribution in [1.29, 1.82) is 0 Å². The van der Waals surface area contributed by atoms with E-state index < -0.39 is 0 Å². The summed E-state index contributed by atoms with van der Waals surface area (Å²) < 4.78 is -0.204. The Kier molecular flexibility index (Phi) is 18.0. The number of aliphatic imine (C=N–C) groups is 2. The van der Waals surface area contributed by atoms with Gasteiger partial charge in [0.1, 0.15) is 3.74 Å². The second kappa shape index (κ2) is 16.3. The van der Waals surface area contributed by atoms with Crippen LogP contribution in [-0.4, -0.2) is 43.8 Å². The molecule has 0 saturated heterocycles. The van der Waals surface area contributed by atoms with Gasteiger partial charge in [0.2, 0.25) is 5.13 Å². The van der Waals surface area contributed by atoms with Crippen LogP contribution in [0.1, 0.15) is 47.2 Å². The summed E-state index contributed by atoms with van der Waals surface area (Å²) in [6.45, 7) is 12.0. The number of ketones is 1. The van der Waals surface area contributed by atoms with Crippen LogP contribution >= 0.6 is 55.4 Å². The third-order valence-electron chi connectivity index (χ3n) is 2.66. The number of nitrogens with zero attached hydrogens (tertiary/aromatic N) is 3. The topological polar surface area (TPSA) is 205 Å². The quantitative estimate of drug-likeness (QED) is 0.126. The first-order valence-electron chi connectivity index (χ1n) is 8.59. The molecular formula is C17H34Br2N8O2S2. The molecule has 0 unspecified atom stereocenters. The Hall–Kier alpha value is -1.35. The zero-order valence-electron chi connectivity index (χ0n) is 18.8. The van der Waals surface area contributed by atoms with E-state index >= 15 is 0 Å². The Morgan fingerprint density at radius 2 is 1.52 bits per heavy atom. The van der Waals surface area contributed by atoms with E-state index in [0.29, 0.717) is 5.13 Å². The van der Waals surface area contributed by atoms with Gasteiger partial charge in [0.15, 0.2) is 22.8 Å². The number of carbonyl (C=O) groups is 1. The van der Waals surface area contributed by atoms with Crippen LogP contribution in [-0.2, 0) is 10.2 Å². The van der Waals surface area contributed by atoms with Crippen molar-refractivity contribution >= 4 is 83.4 Å². The van der Waals surface area contributed by atoms with Gasteiger partial charge in [-0.1, -0.05) is 73.4 Å². The van der Waals surface area contributed by atoms with Gasteiger partial charge in [-0.2, -0.15) is 9.98 Å². The van der Waals surface area contributed by atoms with Crippen LogP contribution in [0.15, 0.2) is 15.4 Å². The van der Waals surface area contributed by atoms with Crippen molar-refractivity contribution < 1.29 is 9.90 Å². The third-order valence-corrected chi connectivity index (χ3v) is 4.32. The molecule has 0 aliphatic carbocycles. The summed E-state index contributed by atoms with van der Waals surface area (Å²) >= 11 is 12.0. The zero-order valence-corrected chi connectivity index (χ0v) is 23.6. The number of hydrogen-bond donors (Lipinski definition) is 6. The SMILES string of the molecule is CC(C)(C)C(=O)C(Br)Br.CC(C)(C)c1csc(N=C(N)N)n1.CO.NC(=S)N=C(N)N. The number of carbonyl (C=O) groups excluding carboxylic acids is 1. The molecule has 10 nitrogen and oxygen atoms in total. The molecule has 11 N–H and O–H groups in total. The predicted molar refractivity (Wildman–Crippen MR) is 143 cm³/mol. The van der Waals surface area contributed by atoms with Gasteiger partial charge in [-0.25, -0.2) is 4.98 Å². The molecule has 1 aromatic heterocycles. The molecule has 14 heteroatoms. The van der Waals surface area contributed by atoms with E-state index in [-0.39, 0.29) is 37.4 Å². The third kappa shape index (κ3) is 20.3. The normalized spacial score (nSPS) is 10.2. The Balaban J connectivity index is -0.000000384. The van der Waals surface area contributed by atoms with Crippen LogP contribution in [0.25, 0.3) is 0 Å². The summed E-state index contributed by atoms with van der Waals surface area (Å²) in [7, 11) is 1.00. The molecular weight excluding hydrogens is 572 g/mol. The molecule has 1 aromatic rings. The van der Waals surface area contributed by atoms with Crippen LogP contribution in [0.2, 0.25) is 0 Å². The highest BCUT2D eigenvalue weighted by Crippen LogP contribution is 2.27. The summed E-state index contributed by atoms with van der Waals surface area (Å²) in [5.41, 5.74) is 25.9. The minimum Gasteiger partial charge on any atom is -0.400 e. The predicted octanol–water partition coefficient (Wildman–Crippen LogP) is 2.17. The van der Waals surface area contributed by atoms with Crippen molar-refractivity contribution in [1.82, 2.24) is 4.98 Å². The number of nitrogens with two attached hydrogens (primary N) is 5. The van der Waals surface area contributed by atoms with E-state index in [1.54, 1.807) is 0 Å². The average molecular weight is 606 g/mol. The Morgan fingerprint density at radius 1 is 1.06 bits per heavy atom. The van der Waals surface area contributed by atoms with Gasteiger partial charge in [0.25, 0.3) is 0 Å². The monoisotopic (exact) mass is 604 g/mol. The van der Waals surface area contributed by atoms with Crippen molar-refractivity contribution in [3.63, 3.8) is 0 Å². The second-order valence-corrected chi connectivity index (χ2v) is 11.9. The summed E-state index contributed by atoms with van der Waals surface area (Å²) in [6, 6.07) is 0. The van der Waals surface area contributed by atoms with Crippen LogP contribution < -0.4 is 28.7 Å². The lowest BCUT2D eigenvalue weighted by atomic mass is 9.92. The van der Waals surface area contributed by atoms with Crippen molar-refractivity contribution in [3.8, 4) is 0 Å². The van der Waals surface area contributed by atoms with Crippen molar-refractivity contribution in [2.45, 2.75) is 50.7 Å². The molecule has 0 fully saturated rings. The van der Waals surface area contributed by atoms with E-state index in [1.807, 2.05) is 26.2 Å². The van der Waals surface area contributed by atoms with Crippen LogP contribution in [0, 0.1) is 5.41 Å². The molecule has 1 heterocycles. The molecule has 0 saturated carbocycles. The number of thiocarbonyl (C=S) groups is 1. The first-order chi connectivity index (χ1) is 13.9. The fourth-order valence-electron chi connectivity index (χ4n) is 1.23. The first-order valence-corrected chi connectivity index (χ1v) is 11.7. The number of thiazole rings is 1. The minimum atomic E-state index is -0.252. The fraction of sp³-hybridized carbons (Fsp3) is 0.588. The maximum absolute atomic E-state index is 11.1. The summed E-state index contributed by atoms with van der Waals surface area (Å²) in [4.78, 5) is 22.5. The number of halogens is 2. The molecule has 0 radical (unpaired) electrons. The van der Waals surface area contributed by atoms with Crippen LogP contribution in [0.5, 0.6) is 0 Å². The highest BCUT2D eigenvalue weighted by Gasteiger charge is 2.25. The van der Waals surface area contributed by atoms with Crippen LogP contribution in [0.4, 0.5) is 5.13 Å². The summed E-state index contributed by atoms with van der Waals surface area (Å²) in [6.07, 6.45) is 0. The number of alkyl halides is 2. The number of aliphatic hydroxyl groups excluding tert-OH is 1. The second-order valence-electron chi connectivity index (χ2n) is 7.59. The smallest absolute Gasteiger partial charge is 0.212 e. The van der Waals surface area contributed by atoms with E-state index in [9.17, 15) is 4.79 Å². The average Bonchev–Trinajstić information content (AvgIpc) is 3.03. The van der Waals surface area contributed by atoms with Crippen molar-refractivity contribution in [2.75, 3.05) is 7.11 Å². The number of hydrogen-bond acceptors (Lipinski definition) is 6. The zero-order chi connectivity index (χ0) is 25.6. The van der Waals surface area contributed by atoms with E-state index in [4.69, 9.17) is 33.8 Å². The fourth-order valence-corrected chi connectivity index (χ4v) is 3.64. The highest BCUT2D eigenvalue weighted by molar-refractivity contribution is 9.25. The molecule has 0 atom stereocenters. The molecule has 0 amide bonds. The molecule has 0 bridgehead atoms. The Morgan fingerprint density at radius 3 is 1.68 bits per heavy atom. The van der Waals surface area contributed by atoms with Gasteiger partial charge in [-0.3, -0.25) is 4.79 Å². The van der Waals surface area contributed by atoms with Gasteiger partial charge in [0, 0.05) is 23.3 Å². The summed E-state index contributed by atoms with van der Waals surface area (Å²) in [5, 5.41) is 9.55. The van der Waals surface area contributed by atoms with Gasteiger partial charge in [-0.15, -0.1) is 11.3 Å². The molecule has 1 rings (SSSR count). The molecule has 0 aliphatic heterocycles. The maximum atomic E-state index is 11.1. The van der Waals surface area contributed by atoms with E-state index in [2.05, 4.69) is 79.8 Å².